The summed E-state index contributed by atoms with van der Waals surface area (Å²) in [4.78, 5) is 1.87. The maximum Gasteiger partial charge on any atom is 0.234 e. The van der Waals surface area contributed by atoms with Crippen molar-refractivity contribution in [3.63, 3.8) is 0 Å². The maximum absolute atomic E-state index is 13.1. The van der Waals surface area contributed by atoms with Crippen molar-refractivity contribution in [2.75, 3.05) is 26.0 Å². The lowest BCUT2D eigenvalue weighted by Gasteiger charge is -2.56. The number of fused-ring (bicyclic) bond motifs is 6. The molecule has 2 bridgehead atoms. The van der Waals surface area contributed by atoms with Crippen LogP contribution in [0.5, 0.6) is 0 Å². The topological polar surface area (TPSA) is 78.0 Å². The van der Waals surface area contributed by atoms with Crippen molar-refractivity contribution in [2.45, 2.75) is 12.3 Å². The molecule has 2 aliphatic heterocycles. The Morgan fingerprint density at radius 2 is 0.968 bits per heavy atom. The van der Waals surface area contributed by atoms with Crippen LogP contribution in [0.15, 0.2) is 78.9 Å². The highest BCUT2D eigenvalue weighted by molar-refractivity contribution is 7.92. The van der Waals surface area contributed by atoms with E-state index in [0.29, 0.717) is 22.5 Å². The van der Waals surface area contributed by atoms with Gasteiger partial charge in [0, 0.05) is 16.8 Å². The molecule has 0 fully saturated rings. The molecule has 0 amide bonds. The third-order valence-electron chi connectivity index (χ3n) is 5.64. The molecule has 2 aliphatic rings. The summed E-state index contributed by atoms with van der Waals surface area (Å²) in [5.74, 6) is 0. The van der Waals surface area contributed by atoms with Crippen LogP contribution >= 0.6 is 0 Å². The van der Waals surface area contributed by atoms with E-state index in [9.17, 15) is 16.8 Å². The summed E-state index contributed by atoms with van der Waals surface area (Å²) in [6.07, 6.45) is 0.899. The first kappa shape index (κ1) is 19.9. The molecule has 0 N–H and O–H groups in total. The standard InChI is InChI=1S/C22H21N3O4S2/c1-30(26,27)24-19-14-8-6-12-17(19)22-23(16-10-4-3-5-11-16)21(24)18-13-7-9-15-20(18)25(22)31(2,28)29/h3-15,21-22H,1-2H3/t21-,22+. The van der Waals surface area contributed by atoms with Gasteiger partial charge in [0.2, 0.25) is 20.0 Å². The predicted octanol–water partition coefficient (Wildman–Crippen LogP) is 3.45. The molecule has 0 aliphatic carbocycles. The van der Waals surface area contributed by atoms with Crippen molar-refractivity contribution in [1.29, 1.82) is 0 Å². The van der Waals surface area contributed by atoms with E-state index >= 15 is 0 Å². The molecule has 5 rings (SSSR count). The second-order valence-electron chi connectivity index (χ2n) is 7.73. The molecule has 7 nitrogen and oxygen atoms in total. The van der Waals surface area contributed by atoms with E-state index in [-0.39, 0.29) is 0 Å². The SMILES string of the molecule is CS(=O)(=O)N1c2ccccc2[C@H]2N(c3ccccc3)[C@H]1c1ccccc1N2S(C)(=O)=O. The first-order valence-electron chi connectivity index (χ1n) is 9.69. The van der Waals surface area contributed by atoms with Gasteiger partial charge in [0.25, 0.3) is 0 Å². The van der Waals surface area contributed by atoms with E-state index in [0.717, 1.165) is 5.69 Å². The highest BCUT2D eigenvalue weighted by Crippen LogP contribution is 2.56. The number of hydrogen-bond acceptors (Lipinski definition) is 5. The largest absolute Gasteiger partial charge is 0.320 e. The molecule has 0 radical (unpaired) electrons. The van der Waals surface area contributed by atoms with Gasteiger partial charge in [-0.1, -0.05) is 54.6 Å². The van der Waals surface area contributed by atoms with E-state index in [4.69, 9.17) is 0 Å². The van der Waals surface area contributed by atoms with Gasteiger partial charge in [-0.05, 0) is 24.3 Å². The molecule has 0 saturated heterocycles. The molecule has 2 atom stereocenters. The molecule has 0 spiro atoms. The van der Waals surface area contributed by atoms with E-state index in [1.807, 2.05) is 35.2 Å². The molecule has 31 heavy (non-hydrogen) atoms. The number of benzene rings is 3. The quantitative estimate of drug-likeness (QED) is 0.605. The average Bonchev–Trinajstić information content (AvgIpc) is 2.72. The number of hydrogen-bond donors (Lipinski definition) is 0. The third-order valence-corrected chi connectivity index (χ3v) is 7.87. The molecule has 3 aromatic carbocycles. The Labute approximate surface area is 182 Å². The minimum Gasteiger partial charge on any atom is -0.320 e. The Hall–Kier alpha value is -3.04. The van der Waals surface area contributed by atoms with Gasteiger partial charge >= 0.3 is 0 Å². The van der Waals surface area contributed by atoms with Crippen LogP contribution in [-0.2, 0) is 20.0 Å². The van der Waals surface area contributed by atoms with Crippen LogP contribution in [-0.4, -0.2) is 29.3 Å². The van der Waals surface area contributed by atoms with Crippen molar-refractivity contribution in [3.05, 3.63) is 90.0 Å². The molecule has 160 valence electrons. The lowest BCUT2D eigenvalue weighted by Crippen LogP contribution is -2.59. The van der Waals surface area contributed by atoms with Crippen LogP contribution in [0.3, 0.4) is 0 Å². The van der Waals surface area contributed by atoms with Gasteiger partial charge in [0.1, 0.15) is 12.3 Å². The second kappa shape index (κ2) is 6.73. The second-order valence-corrected chi connectivity index (χ2v) is 11.4. The zero-order chi connectivity index (χ0) is 22.0. The number of para-hydroxylation sites is 3. The van der Waals surface area contributed by atoms with Gasteiger partial charge in [0.15, 0.2) is 0 Å². The van der Waals surface area contributed by atoms with Crippen LogP contribution in [0.2, 0.25) is 0 Å². The average molecular weight is 456 g/mol. The Morgan fingerprint density at radius 3 is 1.39 bits per heavy atom. The summed E-state index contributed by atoms with van der Waals surface area (Å²) in [7, 11) is -7.41. The lowest BCUT2D eigenvalue weighted by atomic mass is 9.95. The molecule has 3 aromatic rings. The van der Waals surface area contributed by atoms with Crippen LogP contribution in [0.25, 0.3) is 0 Å². The number of nitrogens with zero attached hydrogens (tertiary/aromatic N) is 3. The van der Waals surface area contributed by atoms with Gasteiger partial charge in [0.05, 0.1) is 23.9 Å². The lowest BCUT2D eigenvalue weighted by molar-refractivity contribution is 0.485. The molecule has 2 heterocycles. The normalized spacial score (nSPS) is 20.3. The molecular weight excluding hydrogens is 434 g/mol. The van der Waals surface area contributed by atoms with Crippen LogP contribution < -0.4 is 13.5 Å². The molecular formula is C22H21N3O4S2. The Morgan fingerprint density at radius 1 is 0.581 bits per heavy atom. The Balaban J connectivity index is 1.94. The van der Waals surface area contributed by atoms with Gasteiger partial charge in [-0.2, -0.15) is 0 Å². The fourth-order valence-corrected chi connectivity index (χ4v) is 6.79. The van der Waals surface area contributed by atoms with Crippen molar-refractivity contribution in [1.82, 2.24) is 0 Å². The third kappa shape index (κ3) is 2.99. The van der Waals surface area contributed by atoms with Crippen LogP contribution in [0.1, 0.15) is 23.5 Å². The minimum atomic E-state index is -3.70. The summed E-state index contributed by atoms with van der Waals surface area (Å²) in [6, 6.07) is 23.5. The minimum absolute atomic E-state index is 0.482. The fourth-order valence-electron chi connectivity index (χ4n) is 4.59. The zero-order valence-electron chi connectivity index (χ0n) is 17.0. The van der Waals surface area contributed by atoms with E-state index in [1.165, 1.54) is 21.1 Å². The van der Waals surface area contributed by atoms with Crippen molar-refractivity contribution < 1.29 is 16.8 Å². The van der Waals surface area contributed by atoms with Gasteiger partial charge in [-0.3, -0.25) is 0 Å². The smallest absolute Gasteiger partial charge is 0.234 e. The van der Waals surface area contributed by atoms with E-state index < -0.39 is 32.4 Å². The summed E-state index contributed by atoms with van der Waals surface area (Å²) in [5, 5.41) is 0. The zero-order valence-corrected chi connectivity index (χ0v) is 18.6. The van der Waals surface area contributed by atoms with Gasteiger partial charge in [-0.15, -0.1) is 0 Å². The number of rotatable bonds is 3. The fraction of sp³-hybridized carbons (Fsp3) is 0.182. The van der Waals surface area contributed by atoms with Crippen LogP contribution in [0.4, 0.5) is 17.1 Å². The predicted molar refractivity (Wildman–Crippen MR) is 122 cm³/mol. The van der Waals surface area contributed by atoms with Crippen molar-refractivity contribution >= 4 is 37.1 Å². The summed E-state index contributed by atoms with van der Waals surface area (Å²) in [6.45, 7) is 0. The number of sulfonamides is 2. The summed E-state index contributed by atoms with van der Waals surface area (Å²) >= 11 is 0. The highest BCUT2D eigenvalue weighted by atomic mass is 32.2. The molecule has 0 unspecified atom stereocenters. The van der Waals surface area contributed by atoms with E-state index in [2.05, 4.69) is 0 Å². The van der Waals surface area contributed by atoms with Crippen molar-refractivity contribution in [3.8, 4) is 0 Å². The first-order chi connectivity index (χ1) is 14.7. The van der Waals surface area contributed by atoms with E-state index in [1.54, 1.807) is 48.5 Å². The molecule has 0 saturated carbocycles. The molecule has 9 heteroatoms. The maximum atomic E-state index is 13.1. The Bertz CT molecular complexity index is 1290. The summed E-state index contributed by atoms with van der Waals surface area (Å²) < 4.78 is 55.1. The van der Waals surface area contributed by atoms with Gasteiger partial charge < -0.3 is 4.90 Å². The Kier molecular flexibility index (Phi) is 4.32. The van der Waals surface area contributed by atoms with Crippen molar-refractivity contribution in [2.24, 2.45) is 0 Å². The number of anilines is 3. The summed E-state index contributed by atoms with van der Waals surface area (Å²) in [5.41, 5.74) is 2.90. The van der Waals surface area contributed by atoms with Crippen LogP contribution in [0, 0.1) is 0 Å². The monoisotopic (exact) mass is 455 g/mol. The van der Waals surface area contributed by atoms with Gasteiger partial charge in [-0.25, -0.2) is 25.4 Å². The first-order valence-corrected chi connectivity index (χ1v) is 13.4. The molecule has 0 aromatic heterocycles. The highest BCUT2D eigenvalue weighted by Gasteiger charge is 2.52.